The molecule has 0 saturated heterocycles. The lowest BCUT2D eigenvalue weighted by molar-refractivity contribution is 0.785. The Morgan fingerprint density at radius 1 is 1.64 bits per heavy atom. The Morgan fingerprint density at radius 3 is 3.00 bits per heavy atom. The molecular weight excluding hydrogens is 182 g/mol. The van der Waals surface area contributed by atoms with Gasteiger partial charge < -0.3 is 21.4 Å². The van der Waals surface area contributed by atoms with Gasteiger partial charge in [0.25, 0.3) is 5.56 Å². The molecule has 5 N–H and O–H groups in total. The van der Waals surface area contributed by atoms with Crippen LogP contribution >= 0.6 is 0 Å². The molecule has 0 aromatic carbocycles. The van der Waals surface area contributed by atoms with Gasteiger partial charge in [-0.2, -0.15) is 0 Å². The van der Waals surface area contributed by atoms with Crippen molar-refractivity contribution in [2.45, 2.75) is 6.42 Å². The van der Waals surface area contributed by atoms with E-state index in [9.17, 15) is 4.79 Å². The van der Waals surface area contributed by atoms with Crippen LogP contribution in [0.15, 0.2) is 11.1 Å². The molecule has 0 aliphatic rings. The van der Waals surface area contributed by atoms with E-state index in [0.717, 1.165) is 13.0 Å². The van der Waals surface area contributed by atoms with Crippen molar-refractivity contribution in [1.29, 1.82) is 0 Å². The molecule has 0 aliphatic heterocycles. The molecule has 0 aliphatic carbocycles. The molecule has 0 bridgehead atoms. The zero-order chi connectivity index (χ0) is 10.6. The van der Waals surface area contributed by atoms with Crippen molar-refractivity contribution in [1.82, 2.24) is 9.97 Å². The summed E-state index contributed by atoms with van der Waals surface area (Å²) in [6.07, 6.45) is 2.18. The highest BCUT2D eigenvalue weighted by molar-refractivity contribution is 5.60. The fourth-order valence-corrected chi connectivity index (χ4v) is 1.14. The second-order valence-electron chi connectivity index (χ2n) is 3.03. The van der Waals surface area contributed by atoms with Gasteiger partial charge in [-0.15, -0.1) is 0 Å². The third-order valence-electron chi connectivity index (χ3n) is 1.93. The van der Waals surface area contributed by atoms with Crippen LogP contribution in [0.4, 0.5) is 11.5 Å². The smallest absolute Gasteiger partial charge is 0.276 e. The summed E-state index contributed by atoms with van der Waals surface area (Å²) in [7, 11) is 1.83. The number of nitrogen functional groups attached to an aromatic ring is 1. The second-order valence-corrected chi connectivity index (χ2v) is 3.03. The van der Waals surface area contributed by atoms with Crippen LogP contribution in [0.1, 0.15) is 6.42 Å². The zero-order valence-corrected chi connectivity index (χ0v) is 8.16. The molecule has 6 nitrogen and oxygen atoms in total. The van der Waals surface area contributed by atoms with E-state index < -0.39 is 0 Å². The van der Waals surface area contributed by atoms with Gasteiger partial charge >= 0.3 is 0 Å². The molecule has 1 aromatic rings. The van der Waals surface area contributed by atoms with Crippen molar-refractivity contribution < 1.29 is 0 Å². The molecular formula is C8H15N5O. The van der Waals surface area contributed by atoms with E-state index in [2.05, 4.69) is 9.97 Å². The number of aromatic nitrogens is 2. The summed E-state index contributed by atoms with van der Waals surface area (Å²) in [6.45, 7) is 1.34. The van der Waals surface area contributed by atoms with Crippen LogP contribution in [0.3, 0.4) is 0 Å². The maximum absolute atomic E-state index is 11.1. The number of nitrogens with two attached hydrogens (primary N) is 2. The van der Waals surface area contributed by atoms with Crippen LogP contribution in [0.2, 0.25) is 0 Å². The molecule has 1 rings (SSSR count). The summed E-state index contributed by atoms with van der Waals surface area (Å²) in [6, 6.07) is 0. The number of nitrogens with one attached hydrogen (secondary N) is 1. The normalized spacial score (nSPS) is 10.1. The van der Waals surface area contributed by atoms with E-state index in [1.807, 2.05) is 11.9 Å². The van der Waals surface area contributed by atoms with E-state index in [1.54, 1.807) is 0 Å². The van der Waals surface area contributed by atoms with Crippen LogP contribution in [0.5, 0.6) is 0 Å². The highest BCUT2D eigenvalue weighted by Crippen LogP contribution is 2.12. The summed E-state index contributed by atoms with van der Waals surface area (Å²) in [5, 5.41) is 0. The fourth-order valence-electron chi connectivity index (χ4n) is 1.14. The number of aromatic amines is 1. The molecule has 14 heavy (non-hydrogen) atoms. The summed E-state index contributed by atoms with van der Waals surface area (Å²) in [5.74, 6) is 0.502. The number of H-pyrrole nitrogens is 1. The molecule has 0 amide bonds. The van der Waals surface area contributed by atoms with Crippen molar-refractivity contribution in [3.05, 3.63) is 16.7 Å². The van der Waals surface area contributed by atoms with Crippen LogP contribution in [-0.2, 0) is 0 Å². The maximum Gasteiger partial charge on any atom is 0.276 e. The Kier molecular flexibility index (Phi) is 3.47. The molecule has 0 spiro atoms. The minimum Gasteiger partial charge on any atom is -0.391 e. The summed E-state index contributed by atoms with van der Waals surface area (Å²) < 4.78 is 0. The number of anilines is 2. The molecule has 0 fully saturated rings. The lowest BCUT2D eigenvalue weighted by atomic mass is 10.3. The fraction of sp³-hybridized carbons (Fsp3) is 0.500. The van der Waals surface area contributed by atoms with Gasteiger partial charge in [0.1, 0.15) is 5.69 Å². The lowest BCUT2D eigenvalue weighted by Gasteiger charge is -2.18. The topological polar surface area (TPSA) is 101 Å². The largest absolute Gasteiger partial charge is 0.391 e. The maximum atomic E-state index is 11.1. The molecule has 78 valence electrons. The van der Waals surface area contributed by atoms with Crippen molar-refractivity contribution >= 4 is 11.5 Å². The monoisotopic (exact) mass is 197 g/mol. The minimum atomic E-state index is -0.311. The first kappa shape index (κ1) is 10.5. The highest BCUT2D eigenvalue weighted by Gasteiger charge is 2.08. The third-order valence-corrected chi connectivity index (χ3v) is 1.93. The first-order chi connectivity index (χ1) is 6.66. The van der Waals surface area contributed by atoms with Crippen molar-refractivity contribution in [2.75, 3.05) is 30.8 Å². The first-order valence-corrected chi connectivity index (χ1v) is 4.41. The van der Waals surface area contributed by atoms with Crippen molar-refractivity contribution in [2.24, 2.45) is 5.73 Å². The predicted molar refractivity (Wildman–Crippen MR) is 56.2 cm³/mol. The van der Waals surface area contributed by atoms with E-state index in [1.165, 1.54) is 6.33 Å². The molecule has 6 heteroatoms. The Morgan fingerprint density at radius 2 is 2.36 bits per heavy atom. The van der Waals surface area contributed by atoms with E-state index in [-0.39, 0.29) is 11.2 Å². The molecule has 0 saturated carbocycles. The average Bonchev–Trinajstić information content (AvgIpc) is 2.18. The van der Waals surface area contributed by atoms with Gasteiger partial charge in [0.05, 0.1) is 6.33 Å². The summed E-state index contributed by atoms with van der Waals surface area (Å²) in [4.78, 5) is 19.4. The quantitative estimate of drug-likeness (QED) is 0.583. The minimum absolute atomic E-state index is 0.145. The van der Waals surface area contributed by atoms with E-state index >= 15 is 0 Å². The zero-order valence-electron chi connectivity index (χ0n) is 8.16. The average molecular weight is 197 g/mol. The van der Waals surface area contributed by atoms with Crippen LogP contribution in [0, 0.1) is 0 Å². The van der Waals surface area contributed by atoms with Gasteiger partial charge in [0, 0.05) is 13.6 Å². The molecule has 1 heterocycles. The first-order valence-electron chi connectivity index (χ1n) is 4.41. The van der Waals surface area contributed by atoms with Crippen LogP contribution in [-0.4, -0.2) is 30.1 Å². The SMILES string of the molecule is CN(CCCN)c1nc[nH]c(=O)c1N. The van der Waals surface area contributed by atoms with Crippen molar-refractivity contribution in [3.8, 4) is 0 Å². The Balaban J connectivity index is 2.84. The van der Waals surface area contributed by atoms with E-state index in [0.29, 0.717) is 12.4 Å². The lowest BCUT2D eigenvalue weighted by Crippen LogP contribution is -2.26. The van der Waals surface area contributed by atoms with Crippen LogP contribution < -0.4 is 21.9 Å². The van der Waals surface area contributed by atoms with Gasteiger partial charge in [0.2, 0.25) is 0 Å². The second kappa shape index (κ2) is 4.61. The van der Waals surface area contributed by atoms with Gasteiger partial charge in [-0.3, -0.25) is 4.79 Å². The Bertz CT molecular complexity index is 348. The van der Waals surface area contributed by atoms with Crippen molar-refractivity contribution in [3.63, 3.8) is 0 Å². The molecule has 1 aromatic heterocycles. The van der Waals surface area contributed by atoms with Gasteiger partial charge in [-0.1, -0.05) is 0 Å². The number of rotatable bonds is 4. The van der Waals surface area contributed by atoms with Gasteiger partial charge in [-0.05, 0) is 13.0 Å². The third kappa shape index (κ3) is 2.23. The highest BCUT2D eigenvalue weighted by atomic mass is 16.1. The van der Waals surface area contributed by atoms with Crippen LogP contribution in [0.25, 0.3) is 0 Å². The Labute approximate surface area is 81.9 Å². The van der Waals surface area contributed by atoms with Gasteiger partial charge in [-0.25, -0.2) is 4.98 Å². The summed E-state index contributed by atoms with van der Waals surface area (Å²) in [5.41, 5.74) is 10.8. The standard InChI is InChI=1S/C8H15N5O/c1-13(4-2-3-9)7-6(10)8(14)12-5-11-7/h5H,2-4,9-10H2,1H3,(H,11,12,14). The summed E-state index contributed by atoms with van der Waals surface area (Å²) >= 11 is 0. The number of hydrogen-bond acceptors (Lipinski definition) is 5. The Hall–Kier alpha value is -1.56. The van der Waals surface area contributed by atoms with Gasteiger partial charge in [0.15, 0.2) is 5.82 Å². The van der Waals surface area contributed by atoms with E-state index in [4.69, 9.17) is 11.5 Å². The molecule has 0 unspecified atom stereocenters. The number of hydrogen-bond donors (Lipinski definition) is 3. The molecule has 0 radical (unpaired) electrons. The predicted octanol–water partition coefficient (Wildman–Crippen LogP) is -0.863. The molecule has 0 atom stereocenters. The number of nitrogens with zero attached hydrogens (tertiary/aromatic N) is 2.